The maximum Gasteiger partial charge on any atom is 0.136 e. The van der Waals surface area contributed by atoms with Crippen molar-refractivity contribution in [2.45, 2.75) is 18.9 Å². The molecule has 0 aliphatic carbocycles. The molecule has 0 bridgehead atoms. The number of benzene rings is 1. The molecule has 2 rings (SSSR count). The molecule has 76 valence electrons. The summed E-state index contributed by atoms with van der Waals surface area (Å²) < 4.78 is 10.6. The van der Waals surface area contributed by atoms with Crippen LogP contribution in [0.15, 0.2) is 24.3 Å². The Bertz CT molecular complexity index is 314. The van der Waals surface area contributed by atoms with Crippen molar-refractivity contribution in [1.29, 1.82) is 0 Å². The fourth-order valence-electron chi connectivity index (χ4n) is 1.84. The third-order valence-corrected chi connectivity index (χ3v) is 2.60. The Hall–Kier alpha value is -0.900. The molecule has 0 amide bonds. The van der Waals surface area contributed by atoms with E-state index in [2.05, 4.69) is 17.4 Å². The summed E-state index contributed by atoms with van der Waals surface area (Å²) in [6, 6.07) is 8.28. The molecule has 0 saturated heterocycles. The van der Waals surface area contributed by atoms with E-state index in [4.69, 9.17) is 9.47 Å². The second-order valence-corrected chi connectivity index (χ2v) is 3.41. The first-order chi connectivity index (χ1) is 6.85. The van der Waals surface area contributed by atoms with Crippen LogP contribution < -0.4 is 5.32 Å². The van der Waals surface area contributed by atoms with Crippen LogP contribution >= 0.6 is 0 Å². The first-order valence-electron chi connectivity index (χ1n) is 4.74. The monoisotopic (exact) mass is 193 g/mol. The maximum atomic E-state index is 5.36. The molecule has 14 heavy (non-hydrogen) atoms. The normalized spacial score (nSPS) is 25.9. The highest BCUT2D eigenvalue weighted by atomic mass is 16.5. The summed E-state index contributed by atoms with van der Waals surface area (Å²) in [4.78, 5) is 0. The number of hydrogen-bond donors (Lipinski definition) is 1. The SMILES string of the molecule is COC1Cc2ccccc2C(OC)N1. The van der Waals surface area contributed by atoms with E-state index in [-0.39, 0.29) is 12.5 Å². The zero-order valence-corrected chi connectivity index (χ0v) is 8.49. The second-order valence-electron chi connectivity index (χ2n) is 3.41. The lowest BCUT2D eigenvalue weighted by Gasteiger charge is -2.31. The van der Waals surface area contributed by atoms with E-state index in [9.17, 15) is 0 Å². The first-order valence-corrected chi connectivity index (χ1v) is 4.74. The molecule has 3 nitrogen and oxygen atoms in total. The summed E-state index contributed by atoms with van der Waals surface area (Å²) in [5.74, 6) is 0. The number of nitrogens with one attached hydrogen (secondary N) is 1. The molecule has 1 aliphatic heterocycles. The Balaban J connectivity index is 2.31. The minimum atomic E-state index is -0.0510. The lowest BCUT2D eigenvalue weighted by Crippen LogP contribution is -2.41. The fraction of sp³-hybridized carbons (Fsp3) is 0.455. The van der Waals surface area contributed by atoms with Gasteiger partial charge in [-0.05, 0) is 11.1 Å². The predicted octanol–water partition coefficient (Wildman–Crippen LogP) is 1.45. The van der Waals surface area contributed by atoms with Crippen molar-refractivity contribution in [3.63, 3.8) is 0 Å². The van der Waals surface area contributed by atoms with Crippen LogP contribution in [0.1, 0.15) is 17.4 Å². The van der Waals surface area contributed by atoms with Gasteiger partial charge in [0.25, 0.3) is 0 Å². The van der Waals surface area contributed by atoms with Gasteiger partial charge in [-0.25, -0.2) is 0 Å². The molecule has 3 heteroatoms. The van der Waals surface area contributed by atoms with Gasteiger partial charge in [-0.1, -0.05) is 24.3 Å². The highest BCUT2D eigenvalue weighted by Crippen LogP contribution is 2.25. The van der Waals surface area contributed by atoms with E-state index in [0.717, 1.165) is 6.42 Å². The van der Waals surface area contributed by atoms with Crippen molar-refractivity contribution < 1.29 is 9.47 Å². The number of fused-ring (bicyclic) bond motifs is 1. The number of hydrogen-bond acceptors (Lipinski definition) is 3. The van der Waals surface area contributed by atoms with Gasteiger partial charge < -0.3 is 9.47 Å². The number of ether oxygens (including phenoxy) is 2. The summed E-state index contributed by atoms with van der Waals surface area (Å²) in [6.45, 7) is 0. The van der Waals surface area contributed by atoms with Crippen molar-refractivity contribution >= 4 is 0 Å². The molecular weight excluding hydrogens is 178 g/mol. The van der Waals surface area contributed by atoms with Gasteiger partial charge in [0.1, 0.15) is 12.5 Å². The van der Waals surface area contributed by atoms with Crippen LogP contribution in [0, 0.1) is 0 Å². The molecule has 0 radical (unpaired) electrons. The maximum absolute atomic E-state index is 5.36. The summed E-state index contributed by atoms with van der Waals surface area (Å²) in [6.07, 6.45) is 0.895. The summed E-state index contributed by atoms with van der Waals surface area (Å²) >= 11 is 0. The summed E-state index contributed by atoms with van der Waals surface area (Å²) in [5.41, 5.74) is 2.51. The van der Waals surface area contributed by atoms with Gasteiger partial charge in [0, 0.05) is 20.6 Å². The van der Waals surface area contributed by atoms with Gasteiger partial charge in [-0.15, -0.1) is 0 Å². The molecule has 0 fully saturated rings. The van der Waals surface area contributed by atoms with Crippen LogP contribution in [0.3, 0.4) is 0 Å². The van der Waals surface area contributed by atoms with Crippen LogP contribution in [-0.2, 0) is 15.9 Å². The smallest absolute Gasteiger partial charge is 0.136 e. The van der Waals surface area contributed by atoms with Crippen LogP contribution in [0.4, 0.5) is 0 Å². The Labute approximate surface area is 84.0 Å². The zero-order valence-electron chi connectivity index (χ0n) is 8.49. The minimum Gasteiger partial charge on any atom is -0.366 e. The van der Waals surface area contributed by atoms with Gasteiger partial charge in [-0.2, -0.15) is 0 Å². The van der Waals surface area contributed by atoms with Crippen molar-refractivity contribution in [3.8, 4) is 0 Å². The van der Waals surface area contributed by atoms with Crippen molar-refractivity contribution in [3.05, 3.63) is 35.4 Å². The van der Waals surface area contributed by atoms with Crippen LogP contribution in [0.25, 0.3) is 0 Å². The predicted molar refractivity (Wildman–Crippen MR) is 53.8 cm³/mol. The molecule has 1 aromatic carbocycles. The van der Waals surface area contributed by atoms with Crippen molar-refractivity contribution in [1.82, 2.24) is 5.32 Å². The molecule has 2 atom stereocenters. The van der Waals surface area contributed by atoms with Gasteiger partial charge in [0.05, 0.1) is 0 Å². The molecule has 1 heterocycles. The quantitative estimate of drug-likeness (QED) is 0.771. The molecule has 1 aromatic rings. The summed E-state index contributed by atoms with van der Waals surface area (Å²) in [5, 5.41) is 3.26. The van der Waals surface area contributed by atoms with E-state index in [0.29, 0.717) is 0 Å². The molecule has 2 unspecified atom stereocenters. The average Bonchev–Trinajstić information content (AvgIpc) is 2.27. The minimum absolute atomic E-state index is 0.0508. The van der Waals surface area contributed by atoms with E-state index < -0.39 is 0 Å². The van der Waals surface area contributed by atoms with E-state index in [1.165, 1.54) is 11.1 Å². The zero-order chi connectivity index (χ0) is 9.97. The molecule has 1 aliphatic rings. The Kier molecular flexibility index (Phi) is 2.82. The number of methoxy groups -OCH3 is 2. The second kappa shape index (κ2) is 4.09. The lowest BCUT2D eigenvalue weighted by molar-refractivity contribution is -0.0205. The van der Waals surface area contributed by atoms with Gasteiger partial charge >= 0.3 is 0 Å². The molecular formula is C11H15NO2. The Morgan fingerprint density at radius 2 is 2.00 bits per heavy atom. The van der Waals surface area contributed by atoms with Crippen molar-refractivity contribution in [2.24, 2.45) is 0 Å². The third-order valence-electron chi connectivity index (χ3n) is 2.60. The topological polar surface area (TPSA) is 30.5 Å². The van der Waals surface area contributed by atoms with E-state index in [1.54, 1.807) is 14.2 Å². The fourth-order valence-corrected chi connectivity index (χ4v) is 1.84. The molecule has 0 saturated carbocycles. The van der Waals surface area contributed by atoms with Crippen LogP contribution in [0.5, 0.6) is 0 Å². The summed E-state index contributed by atoms with van der Waals surface area (Å²) in [7, 11) is 3.41. The Morgan fingerprint density at radius 1 is 1.21 bits per heavy atom. The van der Waals surface area contributed by atoms with Gasteiger partial charge in [0.15, 0.2) is 0 Å². The molecule has 1 N–H and O–H groups in total. The van der Waals surface area contributed by atoms with Crippen molar-refractivity contribution in [2.75, 3.05) is 14.2 Å². The Morgan fingerprint density at radius 3 is 2.71 bits per heavy atom. The third kappa shape index (κ3) is 1.66. The average molecular weight is 193 g/mol. The van der Waals surface area contributed by atoms with Gasteiger partial charge in [-0.3, -0.25) is 5.32 Å². The highest BCUT2D eigenvalue weighted by Gasteiger charge is 2.24. The van der Waals surface area contributed by atoms with E-state index >= 15 is 0 Å². The van der Waals surface area contributed by atoms with Crippen LogP contribution in [0.2, 0.25) is 0 Å². The molecule has 0 spiro atoms. The van der Waals surface area contributed by atoms with Crippen LogP contribution in [-0.4, -0.2) is 20.4 Å². The highest BCUT2D eigenvalue weighted by molar-refractivity contribution is 5.31. The largest absolute Gasteiger partial charge is 0.366 e. The first kappa shape index (κ1) is 9.65. The van der Waals surface area contributed by atoms with E-state index in [1.807, 2.05) is 12.1 Å². The standard InChI is InChI=1S/C11H15NO2/c1-13-10-7-8-5-3-4-6-9(8)11(12-10)14-2/h3-6,10-12H,7H2,1-2H3. The number of rotatable bonds is 2. The van der Waals surface area contributed by atoms with Gasteiger partial charge in [0.2, 0.25) is 0 Å². The molecule has 0 aromatic heterocycles. The lowest BCUT2D eigenvalue weighted by atomic mass is 9.99.